The molecule has 0 unspecified atom stereocenters. The Bertz CT molecular complexity index is 1360. The zero-order valence-electron chi connectivity index (χ0n) is 21.0. The van der Waals surface area contributed by atoms with E-state index in [0.717, 1.165) is 29.3 Å². The average molecular weight is 634 g/mol. The van der Waals surface area contributed by atoms with Gasteiger partial charge in [0.2, 0.25) is 0 Å². The molecule has 0 spiro atoms. The number of benzene rings is 2. The number of halogens is 2. The fraction of sp³-hybridized carbons (Fsp3) is 0.296. The fourth-order valence-corrected chi connectivity index (χ4v) is 14.4. The van der Waals surface area contributed by atoms with Crippen molar-refractivity contribution >= 4 is 62.4 Å². The van der Waals surface area contributed by atoms with Crippen LogP contribution in [0.15, 0.2) is 48.8 Å². The van der Waals surface area contributed by atoms with Crippen LogP contribution in [-0.4, -0.2) is 53.8 Å². The first kappa shape index (κ1) is 25.9. The van der Waals surface area contributed by atoms with E-state index < -0.39 is 16.7 Å². The normalized spacial score (nSPS) is 22.4. The monoisotopic (exact) mass is 634 g/mol. The molecule has 2 saturated heterocycles. The smallest absolute Gasteiger partial charge is 0.172 e. The van der Waals surface area contributed by atoms with Crippen LogP contribution >= 0.6 is 26.9 Å². The molecule has 0 aliphatic carbocycles. The second-order valence-corrected chi connectivity index (χ2v) is 19.3. The molecule has 1 aromatic heterocycles. The predicted octanol–water partition coefficient (Wildman–Crippen LogP) is 6.36. The summed E-state index contributed by atoms with van der Waals surface area (Å²) < 4.78 is 24.5. The molecule has 0 amide bonds. The van der Waals surface area contributed by atoms with Gasteiger partial charge in [0.15, 0.2) is 11.6 Å². The molecule has 1 N–H and O–H groups in total. The van der Waals surface area contributed by atoms with Crippen molar-refractivity contribution in [1.82, 2.24) is 9.97 Å². The Morgan fingerprint density at radius 3 is 2.46 bits per heavy atom. The molecular formula is C27H29FIN4O3P. The Labute approximate surface area is 229 Å². The van der Waals surface area contributed by atoms with Gasteiger partial charge in [-0.2, -0.15) is 0 Å². The summed E-state index contributed by atoms with van der Waals surface area (Å²) in [5.74, 6) is 0.0425. The van der Waals surface area contributed by atoms with Gasteiger partial charge in [0.25, 0.3) is 0 Å². The van der Waals surface area contributed by atoms with Gasteiger partial charge in [-0.15, -0.1) is 0 Å². The van der Waals surface area contributed by atoms with E-state index in [-0.39, 0.29) is 16.9 Å². The molecule has 0 saturated carbocycles. The molecule has 7 nitrogen and oxygen atoms in total. The minimum atomic E-state index is -1.15. The largest absolute Gasteiger partial charge is 0.494 e. The molecule has 2 aliphatic heterocycles. The third-order valence-electron chi connectivity index (χ3n) is 7.37. The van der Waals surface area contributed by atoms with Crippen LogP contribution < -0.4 is 15.0 Å². The molecule has 0 bridgehead atoms. The molecule has 3 heterocycles. The van der Waals surface area contributed by atoms with E-state index in [1.165, 1.54) is 32.0 Å². The first-order chi connectivity index (χ1) is 17.8. The minimum Gasteiger partial charge on any atom is -0.494 e. The number of nitrogens with one attached hydrogen (secondary N) is 1. The minimum absolute atomic E-state index is 0.0362. The molecular weight excluding hydrogens is 605 g/mol. The van der Waals surface area contributed by atoms with Crippen LogP contribution in [0.1, 0.15) is 35.3 Å². The van der Waals surface area contributed by atoms with Crippen LogP contribution in [-0.2, 0) is 4.74 Å². The number of nitrogens with zero attached hydrogens (tertiary/aromatic N) is 3. The van der Waals surface area contributed by atoms with Crippen molar-refractivity contribution in [3.8, 4) is 5.75 Å². The molecule has 2 aromatic carbocycles. The third-order valence-corrected chi connectivity index (χ3v) is 20.2. The molecule has 3 aromatic rings. The van der Waals surface area contributed by atoms with Crippen LogP contribution in [0.5, 0.6) is 5.75 Å². The maximum atomic E-state index is 14.7. The number of esters is 1. The summed E-state index contributed by atoms with van der Waals surface area (Å²) in [4.78, 5) is 22.1. The van der Waals surface area contributed by atoms with Crippen LogP contribution in [0.2, 0.25) is 0 Å². The summed E-state index contributed by atoms with van der Waals surface area (Å²) in [5, 5.41) is 3.23. The maximum absolute atomic E-state index is 14.7. The predicted molar refractivity (Wildman–Crippen MR) is 157 cm³/mol. The SMILES string of the molecule is COC(=O)c1cc(/C=C/c2cnc(Nc3ccc(N4C[C@@H](C)[PH]5(I)[C@@H](C)[C@@H]45)cc3)nc2)c(F)c(OC)c1. The number of carbonyl (C=O) groups excluding carboxylic acids is 1. The quantitative estimate of drug-likeness (QED) is 0.184. The van der Waals surface area contributed by atoms with E-state index >= 15 is 0 Å². The van der Waals surface area contributed by atoms with Crippen molar-refractivity contribution in [2.45, 2.75) is 30.9 Å². The molecule has 5 rings (SSSR count). The average Bonchev–Trinajstić information content (AvgIpc) is 3.35. The second kappa shape index (κ2) is 10.2. The van der Waals surface area contributed by atoms with Gasteiger partial charge in [-0.25, -0.2) is 9.18 Å². The number of aromatic nitrogens is 2. The van der Waals surface area contributed by atoms with Crippen LogP contribution in [0.25, 0.3) is 12.2 Å². The number of methoxy groups -OCH3 is 2. The van der Waals surface area contributed by atoms with Gasteiger partial charge >= 0.3 is 156 Å². The summed E-state index contributed by atoms with van der Waals surface area (Å²) >= 11 is 2.80. The Hall–Kier alpha value is -2.78. The van der Waals surface area contributed by atoms with Gasteiger partial charge in [-0.1, -0.05) is 6.08 Å². The molecule has 37 heavy (non-hydrogen) atoms. The molecule has 0 radical (unpaired) electrons. The first-order valence-electron chi connectivity index (χ1n) is 12.0. The summed E-state index contributed by atoms with van der Waals surface area (Å²) in [7, 11) is 2.62. The molecule has 194 valence electrons. The van der Waals surface area contributed by atoms with Crippen molar-refractivity contribution in [3.05, 3.63) is 71.3 Å². The van der Waals surface area contributed by atoms with Crippen LogP contribution in [0.3, 0.4) is 0 Å². The first-order valence-corrected chi connectivity index (χ1v) is 17.4. The van der Waals surface area contributed by atoms with Crippen molar-refractivity contribution in [2.24, 2.45) is 0 Å². The van der Waals surface area contributed by atoms with Crippen molar-refractivity contribution in [1.29, 1.82) is 0 Å². The van der Waals surface area contributed by atoms with Gasteiger partial charge in [-0.3, -0.25) is 0 Å². The van der Waals surface area contributed by atoms with Gasteiger partial charge in [0.05, 0.1) is 19.8 Å². The molecule has 10 heteroatoms. The van der Waals surface area contributed by atoms with Gasteiger partial charge in [0.1, 0.15) is 0 Å². The van der Waals surface area contributed by atoms with Gasteiger partial charge in [-0.05, 0) is 12.1 Å². The number of carbonyl (C=O) groups is 1. The molecule has 3 atom stereocenters. The topological polar surface area (TPSA) is 76.6 Å². The van der Waals surface area contributed by atoms with E-state index in [1.54, 1.807) is 24.5 Å². The van der Waals surface area contributed by atoms with E-state index in [1.807, 2.05) is 0 Å². The summed E-state index contributed by atoms with van der Waals surface area (Å²) in [6.45, 7) is 5.97. The number of anilines is 3. The van der Waals surface area contributed by atoms with E-state index in [9.17, 15) is 9.18 Å². The van der Waals surface area contributed by atoms with Gasteiger partial charge < -0.3 is 9.47 Å². The Kier molecular flexibility index (Phi) is 7.11. The van der Waals surface area contributed by atoms with Crippen LogP contribution in [0.4, 0.5) is 21.7 Å². The number of fused-ring (bicyclic) bond motifs is 1. The van der Waals surface area contributed by atoms with Gasteiger partial charge in [0, 0.05) is 5.56 Å². The zero-order valence-corrected chi connectivity index (χ0v) is 24.2. The number of hydrogen-bond donors (Lipinski definition) is 1. The van der Waals surface area contributed by atoms with E-state index in [2.05, 4.69) is 80.3 Å². The fourth-order valence-electron chi connectivity index (χ4n) is 5.25. The second-order valence-electron chi connectivity index (χ2n) is 9.53. The van der Waals surface area contributed by atoms with Crippen molar-refractivity contribution < 1.29 is 18.7 Å². The number of rotatable bonds is 7. The summed E-state index contributed by atoms with van der Waals surface area (Å²) in [5.41, 5.74) is 4.93. The Morgan fingerprint density at radius 1 is 1.16 bits per heavy atom. The van der Waals surface area contributed by atoms with Crippen LogP contribution in [0, 0.1) is 5.82 Å². The maximum Gasteiger partial charge on any atom is 0.172 e. The standard InChI is InChI=1S/C27H29FIN4O3P/c1-16-15-33(25-17(2)37(16,25)29)22-9-7-21(8-10-22)32-27-30-13-18(14-31-27)5-6-19-11-20(26(34)36-4)12-23(35-3)24(19)28/h5-14,16-17,25,37H,15H2,1-4H3,(H,30,31,32)/b6-5+/t16-,17+,25+/m1/s1. The molecule has 2 fully saturated rings. The Morgan fingerprint density at radius 2 is 1.86 bits per heavy atom. The van der Waals surface area contributed by atoms with Crippen molar-refractivity contribution in [2.75, 3.05) is 31.0 Å². The van der Waals surface area contributed by atoms with E-state index in [0.29, 0.717) is 11.5 Å². The number of ether oxygens (including phenoxy) is 2. The third kappa shape index (κ3) is 4.79. The number of hydrogen-bond acceptors (Lipinski definition) is 7. The van der Waals surface area contributed by atoms with Crippen molar-refractivity contribution in [3.63, 3.8) is 0 Å². The van der Waals surface area contributed by atoms with E-state index in [4.69, 9.17) is 9.47 Å². The zero-order chi connectivity index (χ0) is 26.3. The Balaban J connectivity index is 1.25. The summed E-state index contributed by atoms with van der Waals surface area (Å²) in [6, 6.07) is 11.2. The summed E-state index contributed by atoms with van der Waals surface area (Å²) in [6.07, 6.45) is 6.50. The molecule has 2 aliphatic rings.